The highest BCUT2D eigenvalue weighted by Gasteiger charge is 2.30. The number of tetrazole rings is 1. The Morgan fingerprint density at radius 3 is 2.76 bits per heavy atom. The van der Waals surface area contributed by atoms with Crippen LogP contribution >= 0.6 is 23.2 Å². The number of halogens is 3. The molecular formula is C13H11Cl2FN6O3. The molecule has 0 N–H and O–H groups in total. The van der Waals surface area contributed by atoms with E-state index < -0.39 is 28.6 Å². The van der Waals surface area contributed by atoms with Crippen LogP contribution in [0, 0.1) is 11.7 Å². The summed E-state index contributed by atoms with van der Waals surface area (Å²) in [6.45, 7) is 1.60. The Morgan fingerprint density at radius 1 is 1.44 bits per heavy atom. The fraction of sp³-hybridized carbons (Fsp3) is 0.308. The molecule has 0 saturated heterocycles. The molecule has 2 rings (SSSR count). The monoisotopic (exact) mass is 388 g/mol. The third kappa shape index (κ3) is 4.34. The molecule has 0 amide bonds. The quantitative estimate of drug-likeness (QED) is 0.244. The van der Waals surface area contributed by atoms with E-state index >= 15 is 0 Å². The molecule has 0 aliphatic carbocycles. The van der Waals surface area contributed by atoms with Crippen LogP contribution in [0.2, 0.25) is 10.3 Å². The molecule has 0 bridgehead atoms. The number of Topliss-reactive ketones (excluding diaryl/α,β-unsaturated/α-hetero) is 1. The number of hydrogen-bond donors (Lipinski definition) is 0. The molecule has 1 atom stereocenters. The van der Waals surface area contributed by atoms with Gasteiger partial charge in [0.05, 0.1) is 12.2 Å². The van der Waals surface area contributed by atoms with E-state index in [1.807, 2.05) is 0 Å². The highest BCUT2D eigenvalue weighted by molar-refractivity contribution is 6.36. The number of aromatic nitrogens is 5. The molecule has 2 aromatic rings. The van der Waals surface area contributed by atoms with Gasteiger partial charge in [-0.2, -0.15) is 0 Å². The molecule has 0 aromatic carbocycles. The molecule has 0 aliphatic heterocycles. The average molecular weight is 389 g/mol. The average Bonchev–Trinajstić information content (AvgIpc) is 2.96. The Labute approximate surface area is 150 Å². The van der Waals surface area contributed by atoms with Crippen LogP contribution in [0.5, 0.6) is 0 Å². The number of esters is 1. The topological polar surface area (TPSA) is 112 Å². The second-order valence-electron chi connectivity index (χ2n) is 4.57. The lowest BCUT2D eigenvalue weighted by molar-refractivity contribution is -0.143. The minimum absolute atomic E-state index is 0.0307. The molecular weight excluding hydrogens is 378 g/mol. The number of ketones is 1. The van der Waals surface area contributed by atoms with Crippen molar-refractivity contribution in [3.63, 3.8) is 0 Å². The molecule has 0 aliphatic rings. The first-order chi connectivity index (χ1) is 11.8. The molecule has 25 heavy (non-hydrogen) atoms. The van der Waals surface area contributed by atoms with Gasteiger partial charge in [0.25, 0.3) is 5.95 Å². The van der Waals surface area contributed by atoms with Gasteiger partial charge >= 0.3 is 5.97 Å². The number of hydrogen-bond acceptors (Lipinski definition) is 8. The standard InChI is InChI=1S/C13H11Cl2FN6O3/c1-3-25-12(24)7(5-17-13-19-20-21-22(13)2)9(23)6-4-8(16)11(15)18-10(6)14/h4-5,7H,3H2,1-2H3. The van der Waals surface area contributed by atoms with E-state index in [2.05, 4.69) is 25.5 Å². The van der Waals surface area contributed by atoms with Crippen LogP contribution in [0.3, 0.4) is 0 Å². The largest absolute Gasteiger partial charge is 0.465 e. The number of rotatable bonds is 6. The van der Waals surface area contributed by atoms with E-state index in [-0.39, 0.29) is 23.3 Å². The van der Waals surface area contributed by atoms with Crippen molar-refractivity contribution >= 4 is 47.1 Å². The number of carbonyl (C=O) groups is 2. The summed E-state index contributed by atoms with van der Waals surface area (Å²) < 4.78 is 19.7. The van der Waals surface area contributed by atoms with Crippen LogP contribution in [0.25, 0.3) is 0 Å². The first-order valence-corrected chi connectivity index (χ1v) is 7.59. The number of nitrogens with zero attached hydrogens (tertiary/aromatic N) is 6. The first kappa shape index (κ1) is 18.9. The van der Waals surface area contributed by atoms with Crippen molar-refractivity contribution in [1.82, 2.24) is 25.2 Å². The maximum absolute atomic E-state index is 13.6. The zero-order valence-electron chi connectivity index (χ0n) is 13.0. The van der Waals surface area contributed by atoms with E-state index in [1.165, 1.54) is 11.7 Å². The summed E-state index contributed by atoms with van der Waals surface area (Å²) in [5, 5.41) is 9.68. The first-order valence-electron chi connectivity index (χ1n) is 6.84. The highest BCUT2D eigenvalue weighted by Crippen LogP contribution is 2.23. The minimum atomic E-state index is -1.49. The van der Waals surface area contributed by atoms with Crippen LogP contribution < -0.4 is 0 Å². The van der Waals surface area contributed by atoms with Gasteiger partial charge in [0, 0.05) is 13.3 Å². The van der Waals surface area contributed by atoms with Gasteiger partial charge in [-0.3, -0.25) is 9.59 Å². The van der Waals surface area contributed by atoms with Gasteiger partial charge in [0.1, 0.15) is 5.15 Å². The minimum Gasteiger partial charge on any atom is -0.465 e. The molecule has 2 heterocycles. The smallest absolute Gasteiger partial charge is 0.322 e. The third-order valence-corrected chi connectivity index (χ3v) is 3.47. The highest BCUT2D eigenvalue weighted by atomic mass is 35.5. The fourth-order valence-corrected chi connectivity index (χ4v) is 2.14. The van der Waals surface area contributed by atoms with Gasteiger partial charge in [-0.15, -0.1) is 0 Å². The summed E-state index contributed by atoms with van der Waals surface area (Å²) in [6.07, 6.45) is 0.995. The summed E-state index contributed by atoms with van der Waals surface area (Å²) in [7, 11) is 1.52. The predicted octanol–water partition coefficient (Wildman–Crippen LogP) is 1.82. The van der Waals surface area contributed by atoms with Crippen LogP contribution in [-0.2, 0) is 16.6 Å². The zero-order chi connectivity index (χ0) is 18.6. The zero-order valence-corrected chi connectivity index (χ0v) is 14.5. The summed E-state index contributed by atoms with van der Waals surface area (Å²) in [4.78, 5) is 32.1. The molecule has 0 spiro atoms. The SMILES string of the molecule is CCOC(=O)C(C=Nc1nnnn1C)C(=O)c1cc(F)c(Cl)nc1Cl. The molecule has 1 unspecified atom stereocenters. The van der Waals surface area contributed by atoms with Crippen molar-refractivity contribution in [3.8, 4) is 0 Å². The maximum atomic E-state index is 13.6. The van der Waals surface area contributed by atoms with Crippen LogP contribution in [0.4, 0.5) is 10.3 Å². The Hall–Kier alpha value is -2.46. The Morgan fingerprint density at radius 2 is 2.16 bits per heavy atom. The van der Waals surface area contributed by atoms with Crippen LogP contribution in [0.15, 0.2) is 11.1 Å². The van der Waals surface area contributed by atoms with E-state index in [0.29, 0.717) is 0 Å². The second kappa shape index (κ2) is 8.08. The summed E-state index contributed by atoms with van der Waals surface area (Å²) in [5.74, 6) is -4.14. The molecule has 12 heteroatoms. The molecule has 9 nitrogen and oxygen atoms in total. The third-order valence-electron chi connectivity index (χ3n) is 2.91. The molecule has 0 radical (unpaired) electrons. The Bertz CT molecular complexity index is 841. The lowest BCUT2D eigenvalue weighted by Gasteiger charge is -2.11. The lowest BCUT2D eigenvalue weighted by atomic mass is 10.00. The number of ether oxygens (including phenoxy) is 1. The van der Waals surface area contributed by atoms with Gasteiger partial charge in [0.15, 0.2) is 22.7 Å². The lowest BCUT2D eigenvalue weighted by Crippen LogP contribution is -2.28. The second-order valence-corrected chi connectivity index (χ2v) is 5.29. The number of aryl methyl sites for hydroxylation is 1. The van der Waals surface area contributed by atoms with Crippen molar-refractivity contribution < 1.29 is 18.7 Å². The Kier molecular flexibility index (Phi) is 6.10. The van der Waals surface area contributed by atoms with Crippen LogP contribution in [-0.4, -0.2) is 49.8 Å². The van der Waals surface area contributed by atoms with Gasteiger partial charge in [-0.05, 0) is 23.4 Å². The normalized spacial score (nSPS) is 12.4. The Balaban J connectivity index is 2.40. The van der Waals surface area contributed by atoms with Crippen LogP contribution in [0.1, 0.15) is 17.3 Å². The van der Waals surface area contributed by atoms with E-state index in [9.17, 15) is 14.0 Å². The van der Waals surface area contributed by atoms with Crippen molar-refractivity contribution in [2.24, 2.45) is 18.0 Å². The van der Waals surface area contributed by atoms with Crippen molar-refractivity contribution in [3.05, 3.63) is 27.8 Å². The molecule has 0 saturated carbocycles. The van der Waals surface area contributed by atoms with E-state index in [4.69, 9.17) is 27.9 Å². The fourth-order valence-electron chi connectivity index (χ4n) is 1.73. The molecule has 132 valence electrons. The number of carbonyl (C=O) groups excluding carboxylic acids is 2. The summed E-state index contributed by atoms with van der Waals surface area (Å²) in [5.41, 5.74) is -0.329. The predicted molar refractivity (Wildman–Crippen MR) is 85.6 cm³/mol. The van der Waals surface area contributed by atoms with Gasteiger partial charge in [-0.1, -0.05) is 28.3 Å². The number of aliphatic imine (C=N–C) groups is 1. The van der Waals surface area contributed by atoms with Crippen molar-refractivity contribution in [1.29, 1.82) is 0 Å². The molecule has 2 aromatic heterocycles. The summed E-state index contributed by atoms with van der Waals surface area (Å²) >= 11 is 11.3. The molecule has 0 fully saturated rings. The van der Waals surface area contributed by atoms with E-state index in [0.717, 1.165) is 12.3 Å². The van der Waals surface area contributed by atoms with Gasteiger partial charge < -0.3 is 4.74 Å². The number of pyridine rings is 1. The van der Waals surface area contributed by atoms with E-state index in [1.54, 1.807) is 6.92 Å². The maximum Gasteiger partial charge on any atom is 0.322 e. The van der Waals surface area contributed by atoms with Gasteiger partial charge in [-0.25, -0.2) is 19.0 Å². The van der Waals surface area contributed by atoms with Crippen molar-refractivity contribution in [2.75, 3.05) is 6.61 Å². The van der Waals surface area contributed by atoms with Crippen molar-refractivity contribution in [2.45, 2.75) is 6.92 Å². The van der Waals surface area contributed by atoms with Gasteiger partial charge in [0.2, 0.25) is 0 Å². The summed E-state index contributed by atoms with van der Waals surface area (Å²) in [6, 6.07) is 0.796.